The standard InChI is InChI=1S/C12H9N.C9H7NO/c1-3-7-11-9(5-1)10-6-2-4-8-12(10)13-11;11-8-5-1-3-7-4-2-6-10-9(7)8/h1-8,13H;1-6,11H. The quantitative estimate of drug-likeness (QED) is 0.409. The summed E-state index contributed by atoms with van der Waals surface area (Å²) in [5, 5.41) is 12.9. The van der Waals surface area contributed by atoms with Gasteiger partial charge in [0.2, 0.25) is 0 Å². The highest BCUT2D eigenvalue weighted by Gasteiger charge is 2.00. The fraction of sp³-hybridized carbons (Fsp3) is 0. The molecule has 24 heavy (non-hydrogen) atoms. The fourth-order valence-electron chi connectivity index (χ4n) is 2.89. The van der Waals surface area contributed by atoms with Gasteiger partial charge in [-0.05, 0) is 24.3 Å². The van der Waals surface area contributed by atoms with Gasteiger partial charge in [-0.2, -0.15) is 0 Å². The summed E-state index contributed by atoms with van der Waals surface area (Å²) in [6.45, 7) is 0. The van der Waals surface area contributed by atoms with Gasteiger partial charge in [0, 0.05) is 33.4 Å². The third kappa shape index (κ3) is 2.57. The number of fused-ring (bicyclic) bond motifs is 4. The Morgan fingerprint density at radius 3 is 1.96 bits per heavy atom. The van der Waals surface area contributed by atoms with Gasteiger partial charge >= 0.3 is 0 Å². The van der Waals surface area contributed by atoms with Crippen LogP contribution in [0.4, 0.5) is 0 Å². The largest absolute Gasteiger partial charge is 0.506 e. The number of phenolic OH excluding ortho intramolecular Hbond substituents is 1. The summed E-state index contributed by atoms with van der Waals surface area (Å²) >= 11 is 0. The Labute approximate surface area is 139 Å². The Balaban J connectivity index is 0.000000123. The van der Waals surface area contributed by atoms with Crippen molar-refractivity contribution in [2.24, 2.45) is 0 Å². The van der Waals surface area contributed by atoms with E-state index in [4.69, 9.17) is 0 Å². The lowest BCUT2D eigenvalue weighted by Crippen LogP contribution is -1.76. The molecule has 0 saturated heterocycles. The van der Waals surface area contributed by atoms with Crippen LogP contribution in [-0.4, -0.2) is 15.1 Å². The summed E-state index contributed by atoms with van der Waals surface area (Å²) in [6, 6.07) is 25.9. The van der Waals surface area contributed by atoms with E-state index in [1.807, 2.05) is 18.2 Å². The SMILES string of the molecule is Oc1cccc2cccnc12.c1ccc2c(c1)[nH]c1ccccc12. The van der Waals surface area contributed by atoms with E-state index in [0.717, 1.165) is 5.39 Å². The minimum atomic E-state index is 0.239. The number of para-hydroxylation sites is 3. The topological polar surface area (TPSA) is 48.9 Å². The van der Waals surface area contributed by atoms with Gasteiger partial charge in [-0.3, -0.25) is 4.98 Å². The van der Waals surface area contributed by atoms with Crippen molar-refractivity contribution in [2.45, 2.75) is 0 Å². The number of hydrogen-bond donors (Lipinski definition) is 2. The van der Waals surface area contributed by atoms with Crippen LogP contribution in [0.2, 0.25) is 0 Å². The number of H-pyrrole nitrogens is 1. The number of pyridine rings is 1. The first-order valence-corrected chi connectivity index (χ1v) is 7.81. The monoisotopic (exact) mass is 312 g/mol. The molecule has 0 amide bonds. The lowest BCUT2D eigenvalue weighted by molar-refractivity contribution is 0.480. The number of rotatable bonds is 0. The predicted octanol–water partition coefficient (Wildman–Crippen LogP) is 5.26. The summed E-state index contributed by atoms with van der Waals surface area (Å²) in [7, 11) is 0. The highest BCUT2D eigenvalue weighted by Crippen LogP contribution is 2.24. The van der Waals surface area contributed by atoms with Crippen LogP contribution in [0.25, 0.3) is 32.7 Å². The molecule has 0 aliphatic carbocycles. The van der Waals surface area contributed by atoms with E-state index in [1.165, 1.54) is 21.8 Å². The van der Waals surface area contributed by atoms with Crippen LogP contribution >= 0.6 is 0 Å². The zero-order chi connectivity index (χ0) is 16.4. The molecule has 0 saturated carbocycles. The molecule has 0 radical (unpaired) electrons. The Bertz CT molecular complexity index is 1070. The van der Waals surface area contributed by atoms with Crippen molar-refractivity contribution >= 4 is 32.7 Å². The molecule has 3 heteroatoms. The van der Waals surface area contributed by atoms with Crippen molar-refractivity contribution in [2.75, 3.05) is 0 Å². The smallest absolute Gasteiger partial charge is 0.141 e. The second kappa shape index (κ2) is 6.05. The first-order valence-electron chi connectivity index (χ1n) is 7.81. The van der Waals surface area contributed by atoms with Crippen molar-refractivity contribution in [3.05, 3.63) is 85.1 Å². The van der Waals surface area contributed by atoms with Crippen molar-refractivity contribution in [1.82, 2.24) is 9.97 Å². The molecule has 2 N–H and O–H groups in total. The molecule has 2 aromatic heterocycles. The van der Waals surface area contributed by atoms with Gasteiger partial charge in [-0.25, -0.2) is 0 Å². The van der Waals surface area contributed by atoms with E-state index in [1.54, 1.807) is 18.3 Å². The summed E-state index contributed by atoms with van der Waals surface area (Å²) in [5.41, 5.74) is 3.09. The summed E-state index contributed by atoms with van der Waals surface area (Å²) in [6.07, 6.45) is 1.67. The van der Waals surface area contributed by atoms with Crippen LogP contribution in [0.1, 0.15) is 0 Å². The van der Waals surface area contributed by atoms with Crippen molar-refractivity contribution < 1.29 is 5.11 Å². The number of aromatic nitrogens is 2. The molecule has 0 fully saturated rings. The minimum Gasteiger partial charge on any atom is -0.506 e. The number of aromatic amines is 1. The van der Waals surface area contributed by atoms with E-state index < -0.39 is 0 Å². The van der Waals surface area contributed by atoms with Crippen LogP contribution in [-0.2, 0) is 0 Å². The van der Waals surface area contributed by atoms with Crippen LogP contribution < -0.4 is 0 Å². The summed E-state index contributed by atoms with van der Waals surface area (Å²) < 4.78 is 0. The Kier molecular flexibility index (Phi) is 3.60. The maximum atomic E-state index is 9.31. The zero-order valence-corrected chi connectivity index (χ0v) is 13.0. The van der Waals surface area contributed by atoms with Gasteiger partial charge in [-0.1, -0.05) is 54.6 Å². The second-order valence-electron chi connectivity index (χ2n) is 5.57. The van der Waals surface area contributed by atoms with Crippen LogP contribution in [0.5, 0.6) is 5.75 Å². The molecule has 5 aromatic rings. The number of phenols is 1. The summed E-state index contributed by atoms with van der Waals surface area (Å²) in [4.78, 5) is 7.41. The number of nitrogens with zero attached hydrogens (tertiary/aromatic N) is 1. The number of nitrogens with one attached hydrogen (secondary N) is 1. The lowest BCUT2D eigenvalue weighted by atomic mass is 10.2. The van der Waals surface area contributed by atoms with E-state index in [-0.39, 0.29) is 5.75 Å². The molecule has 0 spiro atoms. The Hall–Kier alpha value is -3.33. The van der Waals surface area contributed by atoms with Crippen LogP contribution in [0, 0.1) is 0 Å². The Morgan fingerprint density at radius 2 is 1.29 bits per heavy atom. The normalized spacial score (nSPS) is 10.7. The maximum Gasteiger partial charge on any atom is 0.141 e. The van der Waals surface area contributed by atoms with Crippen molar-refractivity contribution in [1.29, 1.82) is 0 Å². The molecule has 116 valence electrons. The number of aromatic hydroxyl groups is 1. The highest BCUT2D eigenvalue weighted by atomic mass is 16.3. The molecule has 2 heterocycles. The van der Waals surface area contributed by atoms with E-state index in [0.29, 0.717) is 5.52 Å². The number of hydrogen-bond acceptors (Lipinski definition) is 2. The third-order valence-corrected chi connectivity index (χ3v) is 4.03. The third-order valence-electron chi connectivity index (χ3n) is 4.03. The molecule has 3 nitrogen and oxygen atoms in total. The minimum absolute atomic E-state index is 0.239. The van der Waals surface area contributed by atoms with Gasteiger partial charge in [0.1, 0.15) is 11.3 Å². The first kappa shape index (κ1) is 14.3. The lowest BCUT2D eigenvalue weighted by Gasteiger charge is -1.96. The molecular formula is C21H16N2O. The van der Waals surface area contributed by atoms with E-state index >= 15 is 0 Å². The zero-order valence-electron chi connectivity index (χ0n) is 13.0. The molecule has 3 aromatic carbocycles. The van der Waals surface area contributed by atoms with Gasteiger partial charge in [0.15, 0.2) is 0 Å². The first-order chi connectivity index (χ1) is 11.8. The average molecular weight is 312 g/mol. The maximum absolute atomic E-state index is 9.31. The van der Waals surface area contributed by atoms with Crippen LogP contribution in [0.3, 0.4) is 0 Å². The summed E-state index contributed by atoms with van der Waals surface area (Å²) in [5.74, 6) is 0.239. The predicted molar refractivity (Wildman–Crippen MR) is 99.2 cm³/mol. The molecule has 0 unspecified atom stereocenters. The fourth-order valence-corrected chi connectivity index (χ4v) is 2.89. The second-order valence-corrected chi connectivity index (χ2v) is 5.57. The van der Waals surface area contributed by atoms with Crippen LogP contribution in [0.15, 0.2) is 85.1 Å². The van der Waals surface area contributed by atoms with Gasteiger partial charge in [0.25, 0.3) is 0 Å². The molecule has 0 atom stereocenters. The molecule has 0 aliphatic rings. The van der Waals surface area contributed by atoms with Crippen molar-refractivity contribution in [3.63, 3.8) is 0 Å². The van der Waals surface area contributed by atoms with Gasteiger partial charge < -0.3 is 10.1 Å². The van der Waals surface area contributed by atoms with Gasteiger partial charge in [-0.15, -0.1) is 0 Å². The molecular weight excluding hydrogens is 296 g/mol. The number of benzene rings is 3. The Morgan fingerprint density at radius 1 is 0.667 bits per heavy atom. The van der Waals surface area contributed by atoms with E-state index in [9.17, 15) is 5.11 Å². The molecule has 0 bridgehead atoms. The van der Waals surface area contributed by atoms with Gasteiger partial charge in [0.05, 0.1) is 0 Å². The van der Waals surface area contributed by atoms with E-state index in [2.05, 4.69) is 58.5 Å². The average Bonchev–Trinajstić information content (AvgIpc) is 3.02. The molecule has 5 rings (SSSR count). The molecule has 0 aliphatic heterocycles. The highest BCUT2D eigenvalue weighted by molar-refractivity contribution is 6.06. The van der Waals surface area contributed by atoms with Crippen molar-refractivity contribution in [3.8, 4) is 5.75 Å².